The summed E-state index contributed by atoms with van der Waals surface area (Å²) in [6.07, 6.45) is 2.75. The fourth-order valence-electron chi connectivity index (χ4n) is 1.54. The molecule has 4 nitrogen and oxygen atoms in total. The summed E-state index contributed by atoms with van der Waals surface area (Å²) in [6.45, 7) is 2.94. The number of rotatable bonds is 3. The van der Waals surface area contributed by atoms with E-state index >= 15 is 0 Å². The average Bonchev–Trinajstić information content (AvgIpc) is 2.71. The maximum absolute atomic E-state index is 5.99. The van der Waals surface area contributed by atoms with E-state index in [1.165, 1.54) is 0 Å². The SMILES string of the molecule is CCCn1nncc1-c1ccc(N)c(Cl)c1. The summed E-state index contributed by atoms with van der Waals surface area (Å²) in [7, 11) is 0. The van der Waals surface area contributed by atoms with Crippen molar-refractivity contribution in [3.63, 3.8) is 0 Å². The van der Waals surface area contributed by atoms with Crippen LogP contribution in [0.1, 0.15) is 13.3 Å². The van der Waals surface area contributed by atoms with Crippen LogP contribution in [-0.2, 0) is 6.54 Å². The predicted octanol–water partition coefficient (Wildman–Crippen LogP) is 2.59. The van der Waals surface area contributed by atoms with Gasteiger partial charge in [-0.3, -0.25) is 0 Å². The highest BCUT2D eigenvalue weighted by atomic mass is 35.5. The van der Waals surface area contributed by atoms with Crippen LogP contribution in [0.25, 0.3) is 11.3 Å². The van der Waals surface area contributed by atoms with Crippen molar-refractivity contribution in [3.8, 4) is 11.3 Å². The molecule has 1 heterocycles. The van der Waals surface area contributed by atoms with Crippen molar-refractivity contribution in [1.82, 2.24) is 15.0 Å². The number of hydrogen-bond acceptors (Lipinski definition) is 3. The minimum atomic E-state index is 0.557. The highest BCUT2D eigenvalue weighted by Gasteiger charge is 2.07. The van der Waals surface area contributed by atoms with E-state index in [0.717, 1.165) is 24.2 Å². The van der Waals surface area contributed by atoms with Crippen LogP contribution in [0.3, 0.4) is 0 Å². The lowest BCUT2D eigenvalue weighted by atomic mass is 10.1. The molecule has 0 aliphatic heterocycles. The fourth-order valence-corrected chi connectivity index (χ4v) is 1.73. The highest BCUT2D eigenvalue weighted by molar-refractivity contribution is 6.33. The first-order valence-electron chi connectivity index (χ1n) is 5.16. The minimum absolute atomic E-state index is 0.557. The number of halogens is 1. The van der Waals surface area contributed by atoms with Crippen LogP contribution in [0.2, 0.25) is 5.02 Å². The molecule has 0 amide bonds. The molecule has 1 aromatic carbocycles. The molecule has 5 heteroatoms. The molecule has 2 rings (SSSR count). The fraction of sp³-hybridized carbons (Fsp3) is 0.273. The van der Waals surface area contributed by atoms with Crippen molar-refractivity contribution in [2.75, 3.05) is 5.73 Å². The largest absolute Gasteiger partial charge is 0.398 e. The van der Waals surface area contributed by atoms with Gasteiger partial charge in [0.25, 0.3) is 0 Å². The van der Waals surface area contributed by atoms with Gasteiger partial charge in [-0.2, -0.15) is 0 Å². The summed E-state index contributed by atoms with van der Waals surface area (Å²) in [5, 5.41) is 8.49. The topological polar surface area (TPSA) is 56.7 Å². The third kappa shape index (κ3) is 2.02. The van der Waals surface area contributed by atoms with Gasteiger partial charge in [0.2, 0.25) is 0 Å². The quantitative estimate of drug-likeness (QED) is 0.834. The summed E-state index contributed by atoms with van der Waals surface area (Å²) in [5.74, 6) is 0. The van der Waals surface area contributed by atoms with Gasteiger partial charge in [-0.25, -0.2) is 4.68 Å². The molecule has 0 aliphatic rings. The minimum Gasteiger partial charge on any atom is -0.398 e. The molecule has 0 saturated heterocycles. The van der Waals surface area contributed by atoms with Gasteiger partial charge in [0.05, 0.1) is 22.6 Å². The molecule has 84 valence electrons. The molecule has 2 N–H and O–H groups in total. The van der Waals surface area contributed by atoms with Crippen LogP contribution < -0.4 is 5.73 Å². The van der Waals surface area contributed by atoms with E-state index in [0.29, 0.717) is 10.7 Å². The molecular weight excluding hydrogens is 224 g/mol. The second-order valence-corrected chi connectivity index (χ2v) is 3.99. The molecule has 0 spiro atoms. The first-order valence-corrected chi connectivity index (χ1v) is 5.54. The Morgan fingerprint density at radius 1 is 1.44 bits per heavy atom. The number of aryl methyl sites for hydroxylation is 1. The maximum Gasteiger partial charge on any atom is 0.0886 e. The van der Waals surface area contributed by atoms with E-state index in [1.807, 2.05) is 16.8 Å². The molecule has 2 aromatic rings. The number of nitrogens with zero attached hydrogens (tertiary/aromatic N) is 3. The Balaban J connectivity index is 2.42. The zero-order chi connectivity index (χ0) is 11.5. The molecule has 0 saturated carbocycles. The van der Waals surface area contributed by atoms with Crippen LogP contribution in [0.5, 0.6) is 0 Å². The second kappa shape index (κ2) is 4.53. The third-order valence-electron chi connectivity index (χ3n) is 2.35. The number of anilines is 1. The van der Waals surface area contributed by atoms with Crippen molar-refractivity contribution in [1.29, 1.82) is 0 Å². The Morgan fingerprint density at radius 2 is 2.25 bits per heavy atom. The molecule has 16 heavy (non-hydrogen) atoms. The van der Waals surface area contributed by atoms with E-state index in [9.17, 15) is 0 Å². The molecule has 1 aromatic heterocycles. The van der Waals surface area contributed by atoms with E-state index < -0.39 is 0 Å². The first-order chi connectivity index (χ1) is 7.72. The molecule has 0 unspecified atom stereocenters. The normalized spacial score (nSPS) is 10.6. The summed E-state index contributed by atoms with van der Waals surface area (Å²) in [4.78, 5) is 0. The number of benzene rings is 1. The monoisotopic (exact) mass is 236 g/mol. The van der Waals surface area contributed by atoms with Crippen molar-refractivity contribution in [2.45, 2.75) is 19.9 Å². The Kier molecular flexibility index (Phi) is 3.10. The smallest absolute Gasteiger partial charge is 0.0886 e. The van der Waals surface area contributed by atoms with Crippen molar-refractivity contribution in [2.24, 2.45) is 0 Å². The van der Waals surface area contributed by atoms with Gasteiger partial charge in [-0.05, 0) is 18.6 Å². The van der Waals surface area contributed by atoms with E-state index in [-0.39, 0.29) is 0 Å². The summed E-state index contributed by atoms with van der Waals surface area (Å²) in [5.41, 5.74) is 8.20. The summed E-state index contributed by atoms with van der Waals surface area (Å²) in [6, 6.07) is 5.55. The van der Waals surface area contributed by atoms with Crippen LogP contribution in [-0.4, -0.2) is 15.0 Å². The second-order valence-electron chi connectivity index (χ2n) is 3.58. The standard InChI is InChI=1S/C11H13ClN4/c1-2-5-16-11(7-14-15-16)8-3-4-10(13)9(12)6-8/h3-4,6-7H,2,5,13H2,1H3. The zero-order valence-corrected chi connectivity index (χ0v) is 9.78. The van der Waals surface area contributed by atoms with Crippen LogP contribution in [0.15, 0.2) is 24.4 Å². The highest BCUT2D eigenvalue weighted by Crippen LogP contribution is 2.26. The molecule has 0 atom stereocenters. The average molecular weight is 237 g/mol. The maximum atomic E-state index is 5.99. The Labute approximate surface area is 99.0 Å². The van der Waals surface area contributed by atoms with Gasteiger partial charge in [-0.1, -0.05) is 29.8 Å². The molecule has 0 bridgehead atoms. The molecule has 0 fully saturated rings. The number of aromatic nitrogens is 3. The van der Waals surface area contributed by atoms with E-state index in [2.05, 4.69) is 17.2 Å². The first kappa shape index (κ1) is 11.0. The Bertz CT molecular complexity index is 492. The summed E-state index contributed by atoms with van der Waals surface area (Å²) < 4.78 is 1.86. The zero-order valence-electron chi connectivity index (χ0n) is 9.02. The van der Waals surface area contributed by atoms with Gasteiger partial charge in [0.15, 0.2) is 0 Å². The lowest BCUT2D eigenvalue weighted by Gasteiger charge is -2.06. The van der Waals surface area contributed by atoms with Crippen LogP contribution >= 0.6 is 11.6 Å². The van der Waals surface area contributed by atoms with Crippen LogP contribution in [0.4, 0.5) is 5.69 Å². The number of hydrogen-bond donors (Lipinski definition) is 1. The number of nitrogen functional groups attached to an aromatic ring is 1. The van der Waals surface area contributed by atoms with Gasteiger partial charge >= 0.3 is 0 Å². The lowest BCUT2D eigenvalue weighted by molar-refractivity contribution is 0.584. The molecule has 0 aliphatic carbocycles. The van der Waals surface area contributed by atoms with Crippen molar-refractivity contribution >= 4 is 17.3 Å². The van der Waals surface area contributed by atoms with Gasteiger partial charge < -0.3 is 5.73 Å². The molecular formula is C11H13ClN4. The van der Waals surface area contributed by atoms with E-state index in [1.54, 1.807) is 12.3 Å². The van der Waals surface area contributed by atoms with Gasteiger partial charge in [-0.15, -0.1) is 5.10 Å². The van der Waals surface area contributed by atoms with Crippen molar-refractivity contribution in [3.05, 3.63) is 29.4 Å². The predicted molar refractivity (Wildman–Crippen MR) is 65.2 cm³/mol. The van der Waals surface area contributed by atoms with E-state index in [4.69, 9.17) is 17.3 Å². The van der Waals surface area contributed by atoms with Crippen LogP contribution in [0, 0.1) is 0 Å². The van der Waals surface area contributed by atoms with Gasteiger partial charge in [0, 0.05) is 12.1 Å². The summed E-state index contributed by atoms with van der Waals surface area (Å²) >= 11 is 5.99. The van der Waals surface area contributed by atoms with Crippen molar-refractivity contribution < 1.29 is 0 Å². The number of nitrogens with two attached hydrogens (primary N) is 1. The van der Waals surface area contributed by atoms with Gasteiger partial charge in [0.1, 0.15) is 0 Å². The lowest BCUT2D eigenvalue weighted by Crippen LogP contribution is -2.01. The molecule has 0 radical (unpaired) electrons. The Morgan fingerprint density at radius 3 is 2.94 bits per heavy atom. The Hall–Kier alpha value is -1.55. The third-order valence-corrected chi connectivity index (χ3v) is 2.68.